The van der Waals surface area contributed by atoms with Gasteiger partial charge in [-0.1, -0.05) is 30.9 Å². The third-order valence-corrected chi connectivity index (χ3v) is 8.43. The second-order valence-corrected chi connectivity index (χ2v) is 11.3. The first kappa shape index (κ1) is 27.5. The number of carbonyl (C=O) groups excluding carboxylic acids is 1. The number of carbonyl (C=O) groups is 1. The van der Waals surface area contributed by atoms with Gasteiger partial charge in [0.15, 0.2) is 11.6 Å². The second kappa shape index (κ2) is 11.3. The van der Waals surface area contributed by atoms with Crippen LogP contribution in [-0.2, 0) is 9.53 Å². The van der Waals surface area contributed by atoms with E-state index in [1.54, 1.807) is 24.3 Å². The lowest BCUT2D eigenvalue weighted by Gasteiger charge is -2.32. The number of halogens is 3. The van der Waals surface area contributed by atoms with E-state index >= 15 is 0 Å². The molecule has 214 valence electrons. The Morgan fingerprint density at radius 3 is 2.32 bits per heavy atom. The Balaban J connectivity index is 1.33. The number of methoxy groups -OCH3 is 1. The van der Waals surface area contributed by atoms with Crippen molar-refractivity contribution < 1.29 is 27.8 Å². The fraction of sp³-hybridized carbons (Fsp3) is 0.375. The summed E-state index contributed by atoms with van der Waals surface area (Å²) in [5, 5.41) is 0.590. The first-order valence-electron chi connectivity index (χ1n) is 14.0. The van der Waals surface area contributed by atoms with Crippen LogP contribution in [0.25, 0.3) is 22.4 Å². The van der Waals surface area contributed by atoms with Crippen molar-refractivity contribution in [3.05, 3.63) is 77.3 Å². The van der Waals surface area contributed by atoms with Crippen molar-refractivity contribution in [1.82, 2.24) is 9.55 Å². The van der Waals surface area contributed by atoms with Gasteiger partial charge in [0.2, 0.25) is 5.60 Å². The molecule has 2 saturated carbocycles. The van der Waals surface area contributed by atoms with Crippen molar-refractivity contribution in [2.24, 2.45) is 5.92 Å². The Kier molecular flexibility index (Phi) is 7.60. The molecule has 41 heavy (non-hydrogen) atoms. The summed E-state index contributed by atoms with van der Waals surface area (Å²) in [6.07, 6.45) is 6.62. The van der Waals surface area contributed by atoms with Crippen molar-refractivity contribution in [2.75, 3.05) is 13.7 Å². The van der Waals surface area contributed by atoms with Crippen molar-refractivity contribution >= 4 is 28.6 Å². The second-order valence-electron chi connectivity index (χ2n) is 10.9. The molecule has 0 saturated heterocycles. The normalized spacial score (nSPS) is 17.3. The van der Waals surface area contributed by atoms with E-state index in [1.165, 1.54) is 19.6 Å². The molecule has 1 heterocycles. The molecule has 4 aromatic rings. The summed E-state index contributed by atoms with van der Waals surface area (Å²) in [6, 6.07) is 16.7. The lowest BCUT2D eigenvalue weighted by Crippen LogP contribution is -2.30. The Bertz CT molecular complexity index is 1540. The van der Waals surface area contributed by atoms with Gasteiger partial charge in [0.05, 0.1) is 24.2 Å². The largest absolute Gasteiger partial charge is 0.491 e. The van der Waals surface area contributed by atoms with Crippen LogP contribution in [0.1, 0.15) is 51.0 Å². The fourth-order valence-electron chi connectivity index (χ4n) is 5.83. The van der Waals surface area contributed by atoms with Crippen LogP contribution < -0.4 is 9.47 Å². The van der Waals surface area contributed by atoms with Crippen molar-refractivity contribution in [1.29, 1.82) is 0 Å². The van der Waals surface area contributed by atoms with Gasteiger partial charge >= 0.3 is 5.97 Å². The van der Waals surface area contributed by atoms with Crippen molar-refractivity contribution in [3.63, 3.8) is 0 Å². The van der Waals surface area contributed by atoms with Gasteiger partial charge in [0.25, 0.3) is 0 Å². The standard InChI is InChI=1S/C32H31ClF2N2O4/c1-39-31(38)32(15-16-32)41-24-13-11-23(12-14-24)40-19-29(20-5-3-2-4-6-20)37-28-18-26(35)25(34)17-27(28)36-30(37)21-7-9-22(33)10-8-21/h7-14,17-18,20,29H,2-6,15-16,19H2,1H3. The zero-order valence-corrected chi connectivity index (χ0v) is 23.5. The highest BCUT2D eigenvalue weighted by Crippen LogP contribution is 2.42. The molecule has 6 rings (SSSR count). The van der Waals surface area contributed by atoms with Gasteiger partial charge in [-0.25, -0.2) is 18.6 Å². The highest BCUT2D eigenvalue weighted by molar-refractivity contribution is 6.30. The summed E-state index contributed by atoms with van der Waals surface area (Å²) in [5.41, 5.74) is 0.816. The smallest absolute Gasteiger partial charge is 0.350 e. The molecule has 0 spiro atoms. The first-order chi connectivity index (χ1) is 19.9. The molecule has 0 radical (unpaired) electrons. The SMILES string of the molecule is COC(=O)C1(Oc2ccc(OCC(C3CCCCC3)n3c(-c4ccc(Cl)cc4)nc4cc(F)c(F)cc43)cc2)CC1. The van der Waals surface area contributed by atoms with Crippen molar-refractivity contribution in [3.8, 4) is 22.9 Å². The van der Waals surface area contributed by atoms with Crippen LogP contribution in [0.5, 0.6) is 11.5 Å². The summed E-state index contributed by atoms with van der Waals surface area (Å²) in [7, 11) is 1.36. The summed E-state index contributed by atoms with van der Waals surface area (Å²) >= 11 is 6.16. The van der Waals surface area contributed by atoms with Gasteiger partial charge < -0.3 is 18.8 Å². The lowest BCUT2D eigenvalue weighted by molar-refractivity contribution is -0.151. The predicted molar refractivity (Wildman–Crippen MR) is 152 cm³/mol. The number of hydrogen-bond donors (Lipinski definition) is 0. The third kappa shape index (κ3) is 5.62. The molecule has 2 fully saturated rings. The Morgan fingerprint density at radius 2 is 1.66 bits per heavy atom. The molecule has 1 atom stereocenters. The molecule has 9 heteroatoms. The minimum absolute atomic E-state index is 0.180. The average Bonchev–Trinajstić information content (AvgIpc) is 3.69. The summed E-state index contributed by atoms with van der Waals surface area (Å²) < 4.78 is 48.0. The van der Waals surface area contributed by atoms with Crippen LogP contribution in [0.3, 0.4) is 0 Å². The van der Waals surface area contributed by atoms with Crippen LogP contribution in [0.4, 0.5) is 8.78 Å². The van der Waals surface area contributed by atoms with Gasteiger partial charge in [-0.15, -0.1) is 0 Å². The predicted octanol–water partition coefficient (Wildman–Crippen LogP) is 7.92. The van der Waals surface area contributed by atoms with E-state index in [1.807, 2.05) is 28.8 Å². The number of nitrogens with zero attached hydrogens (tertiary/aromatic N) is 2. The molecule has 0 bridgehead atoms. The fourth-order valence-corrected chi connectivity index (χ4v) is 5.95. The minimum Gasteiger partial charge on any atom is -0.491 e. The maximum atomic E-state index is 14.6. The van der Waals surface area contributed by atoms with E-state index < -0.39 is 17.2 Å². The number of esters is 1. The third-order valence-electron chi connectivity index (χ3n) is 8.18. The molecular weight excluding hydrogens is 550 g/mol. The Hall–Kier alpha value is -3.65. The molecule has 0 amide bonds. The van der Waals surface area contributed by atoms with Crippen LogP contribution >= 0.6 is 11.6 Å². The Morgan fingerprint density at radius 1 is 1.00 bits per heavy atom. The number of rotatable bonds is 9. The van der Waals surface area contributed by atoms with E-state index in [-0.39, 0.29) is 17.9 Å². The van der Waals surface area contributed by atoms with Crippen LogP contribution in [0.2, 0.25) is 5.02 Å². The lowest BCUT2D eigenvalue weighted by atomic mass is 9.83. The van der Waals surface area contributed by atoms with E-state index in [4.69, 9.17) is 30.8 Å². The molecule has 6 nitrogen and oxygen atoms in total. The topological polar surface area (TPSA) is 62.6 Å². The van der Waals surface area contributed by atoms with E-state index in [0.29, 0.717) is 52.8 Å². The molecule has 1 aromatic heterocycles. The molecule has 1 unspecified atom stereocenters. The first-order valence-corrected chi connectivity index (χ1v) is 14.4. The number of ether oxygens (including phenoxy) is 3. The van der Waals surface area contributed by atoms with Gasteiger partial charge in [-0.3, -0.25) is 0 Å². The van der Waals surface area contributed by atoms with E-state index in [9.17, 15) is 13.6 Å². The maximum absolute atomic E-state index is 14.6. The van der Waals surface area contributed by atoms with Gasteiger partial charge in [0, 0.05) is 35.6 Å². The summed E-state index contributed by atoms with van der Waals surface area (Å²) in [5.74, 6) is -0.144. The van der Waals surface area contributed by atoms with Gasteiger partial charge in [-0.05, 0) is 67.3 Å². The summed E-state index contributed by atoms with van der Waals surface area (Å²) in [6.45, 7) is 0.308. The molecule has 2 aliphatic rings. The molecule has 2 aliphatic carbocycles. The Labute approximate surface area is 242 Å². The number of fused-ring (bicyclic) bond motifs is 1. The molecule has 0 aliphatic heterocycles. The zero-order valence-electron chi connectivity index (χ0n) is 22.7. The highest BCUT2D eigenvalue weighted by Gasteiger charge is 2.54. The quantitative estimate of drug-likeness (QED) is 0.188. The number of imidazole rings is 1. The number of hydrogen-bond acceptors (Lipinski definition) is 5. The van der Waals surface area contributed by atoms with Gasteiger partial charge in [-0.2, -0.15) is 0 Å². The van der Waals surface area contributed by atoms with Crippen LogP contribution in [0, 0.1) is 17.6 Å². The highest BCUT2D eigenvalue weighted by atomic mass is 35.5. The van der Waals surface area contributed by atoms with Gasteiger partial charge in [0.1, 0.15) is 23.9 Å². The monoisotopic (exact) mass is 580 g/mol. The van der Waals surface area contributed by atoms with E-state index in [0.717, 1.165) is 37.3 Å². The zero-order chi connectivity index (χ0) is 28.6. The number of benzene rings is 3. The number of aromatic nitrogens is 2. The molecular formula is C32H31ClF2N2O4. The average molecular weight is 581 g/mol. The van der Waals surface area contributed by atoms with Crippen LogP contribution in [0.15, 0.2) is 60.7 Å². The van der Waals surface area contributed by atoms with Crippen molar-refractivity contribution in [2.45, 2.75) is 56.6 Å². The minimum atomic E-state index is -0.933. The molecule has 0 N–H and O–H groups in total. The molecule has 3 aromatic carbocycles. The summed E-state index contributed by atoms with van der Waals surface area (Å²) in [4.78, 5) is 16.8. The van der Waals surface area contributed by atoms with Crippen LogP contribution in [-0.4, -0.2) is 34.8 Å². The van der Waals surface area contributed by atoms with E-state index in [2.05, 4.69) is 0 Å². The maximum Gasteiger partial charge on any atom is 0.350 e.